The maximum absolute atomic E-state index is 12.8. The van der Waals surface area contributed by atoms with Crippen molar-refractivity contribution in [1.29, 1.82) is 0 Å². The number of unbranched alkanes of at least 4 members (excludes halogenated alkanes) is 1. The van der Waals surface area contributed by atoms with Gasteiger partial charge in [-0.2, -0.15) is 0 Å². The number of benzene rings is 1. The molecule has 0 saturated heterocycles. The zero-order valence-electron chi connectivity index (χ0n) is 20.9. The van der Waals surface area contributed by atoms with E-state index in [0.29, 0.717) is 24.1 Å². The largest absolute Gasteiger partial charge is 0.494 e. The first kappa shape index (κ1) is 26.2. The van der Waals surface area contributed by atoms with Gasteiger partial charge in [0.15, 0.2) is 5.75 Å². The maximum Gasteiger partial charge on any atom is 0.326 e. The molecule has 37 heavy (non-hydrogen) atoms. The molecule has 2 aromatic heterocycles. The number of carboxylic acid groups (broad SMARTS) is 1. The highest BCUT2D eigenvalue weighted by molar-refractivity contribution is 6.04. The number of carbonyl (C=O) groups is 3. The van der Waals surface area contributed by atoms with Crippen LogP contribution in [0.2, 0.25) is 0 Å². The Balaban J connectivity index is 1.20. The van der Waals surface area contributed by atoms with Crippen molar-refractivity contribution in [3.63, 3.8) is 0 Å². The molecule has 1 aliphatic heterocycles. The van der Waals surface area contributed by atoms with Crippen molar-refractivity contribution >= 4 is 28.7 Å². The quantitative estimate of drug-likeness (QED) is 0.237. The third-order valence-corrected chi connectivity index (χ3v) is 6.52. The minimum Gasteiger partial charge on any atom is -0.494 e. The number of aromatic nitrogens is 2. The number of aliphatic carboxylic acids is 1. The predicted molar refractivity (Wildman–Crippen MR) is 139 cm³/mol. The van der Waals surface area contributed by atoms with Crippen molar-refractivity contribution in [2.45, 2.75) is 51.1 Å². The first-order valence-electron chi connectivity index (χ1n) is 12.6. The minimum absolute atomic E-state index is 0.0588. The molecular weight excluding hydrogens is 474 g/mol. The average Bonchev–Trinajstić information content (AvgIpc) is 3.29. The van der Waals surface area contributed by atoms with Crippen LogP contribution in [0.1, 0.15) is 53.1 Å². The molecule has 0 aliphatic carbocycles. The van der Waals surface area contributed by atoms with Gasteiger partial charge < -0.3 is 30.8 Å². The van der Waals surface area contributed by atoms with E-state index in [1.54, 1.807) is 6.07 Å². The van der Waals surface area contributed by atoms with Crippen LogP contribution in [0, 0.1) is 0 Å². The molecular formula is C27H33N5O5. The second-order valence-electron chi connectivity index (χ2n) is 9.12. The van der Waals surface area contributed by atoms with Gasteiger partial charge in [0.1, 0.15) is 11.7 Å². The average molecular weight is 508 g/mol. The molecule has 5 N–H and O–H groups in total. The van der Waals surface area contributed by atoms with Crippen LogP contribution in [0.5, 0.6) is 5.75 Å². The van der Waals surface area contributed by atoms with Gasteiger partial charge in [0.05, 0.1) is 7.11 Å². The molecule has 1 atom stereocenters. The Morgan fingerprint density at radius 2 is 2.00 bits per heavy atom. The fraction of sp³-hybridized carbons (Fsp3) is 0.407. The summed E-state index contributed by atoms with van der Waals surface area (Å²) >= 11 is 0. The van der Waals surface area contributed by atoms with Crippen LogP contribution in [0.15, 0.2) is 36.4 Å². The van der Waals surface area contributed by atoms with Crippen LogP contribution < -0.4 is 20.7 Å². The van der Waals surface area contributed by atoms with E-state index < -0.39 is 17.9 Å². The number of rotatable bonds is 12. The Kier molecular flexibility index (Phi) is 8.73. The van der Waals surface area contributed by atoms with Gasteiger partial charge in [-0.15, -0.1) is 0 Å². The van der Waals surface area contributed by atoms with E-state index in [2.05, 4.69) is 33.1 Å². The number of H-pyrrole nitrogens is 1. The topological polar surface area (TPSA) is 145 Å². The van der Waals surface area contributed by atoms with Gasteiger partial charge in [0.2, 0.25) is 5.91 Å². The molecule has 0 saturated carbocycles. The number of amides is 2. The molecule has 0 spiro atoms. The van der Waals surface area contributed by atoms with E-state index in [1.807, 2.05) is 18.2 Å². The van der Waals surface area contributed by atoms with E-state index >= 15 is 0 Å². The molecule has 1 aliphatic rings. The van der Waals surface area contributed by atoms with Gasteiger partial charge in [-0.1, -0.05) is 18.2 Å². The molecule has 0 fully saturated rings. The van der Waals surface area contributed by atoms with Crippen molar-refractivity contribution in [3.05, 3.63) is 59.0 Å². The standard InChI is InChI=1S/C27H33N5O5/c1-37-25-19-7-3-4-8-21(19)31-24(25)26(34)32-22(27(35)36)13-15-29-23(33)9-5-2-6-18-11-10-17-16-28-14-12-20(17)30-18/h3-4,7-8,10-11,22,28,31H,2,5-6,9,12-16H2,1H3,(H,29,33)(H,32,34)(H,35,36)/t22-/m0/s1. The van der Waals surface area contributed by atoms with Crippen molar-refractivity contribution in [2.75, 3.05) is 20.2 Å². The molecule has 2 amide bonds. The van der Waals surface area contributed by atoms with E-state index in [-0.39, 0.29) is 24.6 Å². The monoisotopic (exact) mass is 507 g/mol. The lowest BCUT2D eigenvalue weighted by Crippen LogP contribution is -2.43. The van der Waals surface area contributed by atoms with Crippen LogP contribution in [-0.2, 0) is 29.0 Å². The highest BCUT2D eigenvalue weighted by Gasteiger charge is 2.25. The summed E-state index contributed by atoms with van der Waals surface area (Å²) in [6, 6.07) is 10.3. The van der Waals surface area contributed by atoms with Crippen LogP contribution in [0.3, 0.4) is 0 Å². The smallest absolute Gasteiger partial charge is 0.326 e. The lowest BCUT2D eigenvalue weighted by atomic mass is 10.0. The van der Waals surface area contributed by atoms with Gasteiger partial charge >= 0.3 is 5.97 Å². The molecule has 1 aromatic carbocycles. The summed E-state index contributed by atoms with van der Waals surface area (Å²) in [6.07, 6.45) is 3.73. The first-order valence-corrected chi connectivity index (χ1v) is 12.6. The minimum atomic E-state index is -1.17. The van der Waals surface area contributed by atoms with Crippen molar-refractivity contribution in [3.8, 4) is 5.75 Å². The fourth-order valence-electron chi connectivity index (χ4n) is 4.53. The number of nitrogens with one attached hydrogen (secondary N) is 4. The Morgan fingerprint density at radius 3 is 2.81 bits per heavy atom. The van der Waals surface area contributed by atoms with E-state index in [9.17, 15) is 19.5 Å². The van der Waals surface area contributed by atoms with Gasteiger partial charge in [-0.25, -0.2) is 4.79 Å². The van der Waals surface area contributed by atoms with Crippen molar-refractivity contribution < 1.29 is 24.2 Å². The maximum atomic E-state index is 12.8. The Morgan fingerprint density at radius 1 is 1.16 bits per heavy atom. The normalized spacial score (nSPS) is 13.5. The summed E-state index contributed by atoms with van der Waals surface area (Å²) in [7, 11) is 1.46. The number of ether oxygens (including phenoxy) is 1. The summed E-state index contributed by atoms with van der Waals surface area (Å²) in [5.41, 5.74) is 4.34. The number of hydrogen-bond donors (Lipinski definition) is 5. The second-order valence-corrected chi connectivity index (χ2v) is 9.12. The second kappa shape index (κ2) is 12.4. The molecule has 0 bridgehead atoms. The Hall–Kier alpha value is -3.92. The number of pyridine rings is 1. The summed E-state index contributed by atoms with van der Waals surface area (Å²) in [5, 5.41) is 18.9. The van der Waals surface area contributed by atoms with Crippen molar-refractivity contribution in [1.82, 2.24) is 25.9 Å². The summed E-state index contributed by atoms with van der Waals surface area (Å²) < 4.78 is 5.37. The number of aryl methyl sites for hydroxylation is 1. The molecule has 4 rings (SSSR count). The SMILES string of the molecule is COc1c(C(=O)N[C@@H](CCNC(=O)CCCCc2ccc3c(n2)CCNC3)C(=O)O)[nH]c2ccccc12. The van der Waals surface area contributed by atoms with Crippen LogP contribution in [-0.4, -0.2) is 59.1 Å². The lowest BCUT2D eigenvalue weighted by Gasteiger charge is -2.16. The van der Waals surface area contributed by atoms with Gasteiger partial charge in [-0.05, 0) is 49.4 Å². The number of fused-ring (bicyclic) bond motifs is 2. The number of nitrogens with zero attached hydrogens (tertiary/aromatic N) is 1. The van der Waals surface area contributed by atoms with Crippen molar-refractivity contribution in [2.24, 2.45) is 0 Å². The number of carbonyl (C=O) groups excluding carboxylic acids is 2. The van der Waals surface area contributed by atoms with E-state index in [0.717, 1.165) is 49.1 Å². The lowest BCUT2D eigenvalue weighted by molar-refractivity contribution is -0.139. The Bertz CT molecular complexity index is 1270. The number of aromatic amines is 1. The molecule has 0 radical (unpaired) electrons. The summed E-state index contributed by atoms with van der Waals surface area (Å²) in [6.45, 7) is 1.96. The zero-order valence-corrected chi connectivity index (χ0v) is 20.9. The van der Waals surface area contributed by atoms with Crippen LogP contribution >= 0.6 is 0 Å². The molecule has 0 unspecified atom stereocenters. The highest BCUT2D eigenvalue weighted by atomic mass is 16.5. The zero-order chi connectivity index (χ0) is 26.2. The summed E-state index contributed by atoms with van der Waals surface area (Å²) in [5.74, 6) is -1.55. The van der Waals surface area contributed by atoms with Gasteiger partial charge in [0.25, 0.3) is 5.91 Å². The van der Waals surface area contributed by atoms with E-state index in [1.165, 1.54) is 12.7 Å². The predicted octanol–water partition coefficient (Wildman–Crippen LogP) is 2.32. The third kappa shape index (κ3) is 6.65. The molecule has 196 valence electrons. The number of carboxylic acids is 1. The summed E-state index contributed by atoms with van der Waals surface area (Å²) in [4.78, 5) is 44.5. The fourth-order valence-corrected chi connectivity index (χ4v) is 4.53. The Labute approximate surface area is 215 Å². The molecule has 10 heteroatoms. The van der Waals surface area contributed by atoms with Crippen LogP contribution in [0.25, 0.3) is 10.9 Å². The number of methoxy groups -OCH3 is 1. The number of hydrogen-bond acceptors (Lipinski definition) is 6. The van der Waals surface area contributed by atoms with E-state index in [4.69, 9.17) is 9.72 Å². The first-order chi connectivity index (χ1) is 18.0. The molecule has 3 heterocycles. The van der Waals surface area contributed by atoms with Gasteiger partial charge in [-0.3, -0.25) is 14.6 Å². The molecule has 3 aromatic rings. The number of para-hydroxylation sites is 1. The molecule has 10 nitrogen and oxygen atoms in total. The van der Waals surface area contributed by atoms with Crippen LogP contribution in [0.4, 0.5) is 0 Å². The van der Waals surface area contributed by atoms with Gasteiger partial charge in [0, 0.05) is 54.8 Å². The highest BCUT2D eigenvalue weighted by Crippen LogP contribution is 2.29. The third-order valence-electron chi connectivity index (χ3n) is 6.52.